The molecule has 0 spiro atoms. The van der Waals surface area contributed by atoms with Crippen LogP contribution in [0.3, 0.4) is 0 Å². The molecule has 0 aliphatic rings. The maximum Gasteiger partial charge on any atom is 0.0558 e. The van der Waals surface area contributed by atoms with Crippen LogP contribution < -0.4 is 0 Å². The van der Waals surface area contributed by atoms with E-state index >= 15 is 0 Å². The molecule has 0 aromatic rings. The third-order valence-electron chi connectivity index (χ3n) is 2.37. The van der Waals surface area contributed by atoms with Crippen LogP contribution >= 0.6 is 0 Å². The smallest absolute Gasteiger partial charge is 0.0558 e. The zero-order chi connectivity index (χ0) is 10.3. The first kappa shape index (κ1) is 12.9. The zero-order valence-electron chi connectivity index (χ0n) is 9.08. The van der Waals surface area contributed by atoms with Gasteiger partial charge in [0, 0.05) is 25.1 Å². The number of aliphatic hydroxyl groups is 2. The first-order valence-corrected chi connectivity index (χ1v) is 4.98. The summed E-state index contributed by atoms with van der Waals surface area (Å²) in [6.07, 6.45) is 2.11. The van der Waals surface area contributed by atoms with E-state index in [1.165, 1.54) is 0 Å². The second-order valence-corrected chi connectivity index (χ2v) is 4.18. The van der Waals surface area contributed by atoms with Crippen molar-refractivity contribution in [2.75, 3.05) is 33.4 Å². The highest BCUT2D eigenvalue weighted by atomic mass is 16.3. The molecule has 0 amide bonds. The summed E-state index contributed by atoms with van der Waals surface area (Å²) in [6, 6.07) is 0. The molecule has 1 atom stereocenters. The number of hydrogen-bond donors (Lipinski definition) is 2. The molecular formula is C10H23NO2. The fraction of sp³-hybridized carbons (Fsp3) is 1.00. The molecule has 3 nitrogen and oxygen atoms in total. The van der Waals surface area contributed by atoms with Gasteiger partial charge in [0.15, 0.2) is 0 Å². The summed E-state index contributed by atoms with van der Waals surface area (Å²) in [5, 5.41) is 18.0. The summed E-state index contributed by atoms with van der Waals surface area (Å²) in [5.41, 5.74) is -0.0152. The molecule has 13 heavy (non-hydrogen) atoms. The van der Waals surface area contributed by atoms with Crippen LogP contribution in [0.25, 0.3) is 0 Å². The Morgan fingerprint density at radius 1 is 1.31 bits per heavy atom. The van der Waals surface area contributed by atoms with Crippen molar-refractivity contribution in [2.24, 2.45) is 5.41 Å². The van der Waals surface area contributed by atoms with Gasteiger partial charge in [-0.3, -0.25) is 0 Å². The van der Waals surface area contributed by atoms with Gasteiger partial charge in [0.2, 0.25) is 0 Å². The molecule has 0 aliphatic heterocycles. The molecule has 0 bridgehead atoms. The van der Waals surface area contributed by atoms with Crippen LogP contribution in [0.1, 0.15) is 26.7 Å². The van der Waals surface area contributed by atoms with Crippen molar-refractivity contribution in [3.8, 4) is 0 Å². The first-order chi connectivity index (χ1) is 6.08. The Bertz CT molecular complexity index is 130. The van der Waals surface area contributed by atoms with Crippen LogP contribution in [0.15, 0.2) is 0 Å². The largest absolute Gasteiger partial charge is 0.396 e. The van der Waals surface area contributed by atoms with Crippen molar-refractivity contribution in [3.63, 3.8) is 0 Å². The van der Waals surface area contributed by atoms with Crippen molar-refractivity contribution in [2.45, 2.75) is 26.7 Å². The minimum Gasteiger partial charge on any atom is -0.396 e. The molecule has 0 aromatic carbocycles. The van der Waals surface area contributed by atoms with Crippen LogP contribution in [0.2, 0.25) is 0 Å². The monoisotopic (exact) mass is 189 g/mol. The molecular weight excluding hydrogens is 166 g/mol. The SMILES string of the molecule is CCCC(C)(CO)CN(C)CCO. The maximum absolute atomic E-state index is 9.24. The van der Waals surface area contributed by atoms with Crippen molar-refractivity contribution in [3.05, 3.63) is 0 Å². The van der Waals surface area contributed by atoms with Gasteiger partial charge in [0.05, 0.1) is 6.61 Å². The van der Waals surface area contributed by atoms with E-state index in [0.29, 0.717) is 6.54 Å². The predicted octanol–water partition coefficient (Wildman–Crippen LogP) is 0.709. The van der Waals surface area contributed by atoms with E-state index in [1.54, 1.807) is 0 Å². The van der Waals surface area contributed by atoms with E-state index in [0.717, 1.165) is 19.4 Å². The van der Waals surface area contributed by atoms with E-state index in [2.05, 4.69) is 18.7 Å². The molecule has 0 saturated heterocycles. The topological polar surface area (TPSA) is 43.7 Å². The average Bonchev–Trinajstić information content (AvgIpc) is 2.05. The van der Waals surface area contributed by atoms with Gasteiger partial charge in [-0.2, -0.15) is 0 Å². The molecule has 0 heterocycles. The molecule has 0 aromatic heterocycles. The number of rotatable bonds is 7. The molecule has 0 radical (unpaired) electrons. The van der Waals surface area contributed by atoms with E-state index < -0.39 is 0 Å². The lowest BCUT2D eigenvalue weighted by atomic mass is 9.86. The number of likely N-dealkylation sites (N-methyl/N-ethyl adjacent to an activating group) is 1. The zero-order valence-corrected chi connectivity index (χ0v) is 9.08. The number of aliphatic hydroxyl groups excluding tert-OH is 2. The fourth-order valence-electron chi connectivity index (χ4n) is 1.71. The summed E-state index contributed by atoms with van der Waals surface area (Å²) in [6.45, 7) is 6.14. The van der Waals surface area contributed by atoms with E-state index in [-0.39, 0.29) is 18.6 Å². The lowest BCUT2D eigenvalue weighted by Gasteiger charge is -2.31. The van der Waals surface area contributed by atoms with Crippen LogP contribution in [-0.4, -0.2) is 48.5 Å². The van der Waals surface area contributed by atoms with Gasteiger partial charge in [0.25, 0.3) is 0 Å². The minimum absolute atomic E-state index is 0.0152. The molecule has 0 rings (SSSR count). The Labute approximate surface area is 81.4 Å². The Morgan fingerprint density at radius 3 is 2.31 bits per heavy atom. The van der Waals surface area contributed by atoms with Gasteiger partial charge in [-0.1, -0.05) is 20.3 Å². The Morgan fingerprint density at radius 2 is 1.92 bits per heavy atom. The highest BCUT2D eigenvalue weighted by Gasteiger charge is 2.23. The predicted molar refractivity (Wildman–Crippen MR) is 54.7 cm³/mol. The molecule has 0 fully saturated rings. The summed E-state index contributed by atoms with van der Waals surface area (Å²) in [5.74, 6) is 0. The Kier molecular flexibility index (Phi) is 6.29. The van der Waals surface area contributed by atoms with Crippen LogP contribution in [0.4, 0.5) is 0 Å². The van der Waals surface area contributed by atoms with Gasteiger partial charge >= 0.3 is 0 Å². The maximum atomic E-state index is 9.24. The van der Waals surface area contributed by atoms with Gasteiger partial charge in [-0.25, -0.2) is 0 Å². The quantitative estimate of drug-likeness (QED) is 0.620. The lowest BCUT2D eigenvalue weighted by Crippen LogP contribution is -2.37. The lowest BCUT2D eigenvalue weighted by molar-refractivity contribution is 0.0828. The second-order valence-electron chi connectivity index (χ2n) is 4.18. The van der Waals surface area contributed by atoms with Gasteiger partial charge in [-0.15, -0.1) is 0 Å². The summed E-state index contributed by atoms with van der Waals surface area (Å²) >= 11 is 0. The fourth-order valence-corrected chi connectivity index (χ4v) is 1.71. The third-order valence-corrected chi connectivity index (χ3v) is 2.37. The minimum atomic E-state index is -0.0152. The van der Waals surface area contributed by atoms with Crippen molar-refractivity contribution >= 4 is 0 Å². The summed E-state index contributed by atoms with van der Waals surface area (Å²) in [7, 11) is 1.97. The van der Waals surface area contributed by atoms with Gasteiger partial charge < -0.3 is 15.1 Å². The number of nitrogens with zero attached hydrogens (tertiary/aromatic N) is 1. The summed E-state index contributed by atoms with van der Waals surface area (Å²) in [4.78, 5) is 2.06. The van der Waals surface area contributed by atoms with Crippen molar-refractivity contribution in [1.82, 2.24) is 4.90 Å². The average molecular weight is 189 g/mol. The van der Waals surface area contributed by atoms with Gasteiger partial charge in [0.1, 0.15) is 0 Å². The third kappa shape index (κ3) is 5.24. The van der Waals surface area contributed by atoms with E-state index in [1.807, 2.05) is 7.05 Å². The molecule has 1 unspecified atom stereocenters. The van der Waals surface area contributed by atoms with Gasteiger partial charge in [-0.05, 0) is 13.5 Å². The van der Waals surface area contributed by atoms with E-state index in [9.17, 15) is 5.11 Å². The highest BCUT2D eigenvalue weighted by molar-refractivity contribution is 4.76. The molecule has 0 saturated carbocycles. The Balaban J connectivity index is 3.93. The molecule has 0 aliphatic carbocycles. The Hall–Kier alpha value is -0.120. The van der Waals surface area contributed by atoms with E-state index in [4.69, 9.17) is 5.11 Å². The normalized spacial score (nSPS) is 16.2. The highest BCUT2D eigenvalue weighted by Crippen LogP contribution is 2.23. The van der Waals surface area contributed by atoms with Crippen LogP contribution in [0.5, 0.6) is 0 Å². The van der Waals surface area contributed by atoms with Crippen LogP contribution in [-0.2, 0) is 0 Å². The molecule has 3 heteroatoms. The van der Waals surface area contributed by atoms with Crippen LogP contribution in [0, 0.1) is 5.41 Å². The standard InChI is InChI=1S/C10H23NO2/c1-4-5-10(2,9-13)8-11(3)6-7-12/h12-13H,4-9H2,1-3H3. The summed E-state index contributed by atoms with van der Waals surface area (Å²) < 4.78 is 0. The molecule has 2 N–H and O–H groups in total. The first-order valence-electron chi connectivity index (χ1n) is 4.98. The number of hydrogen-bond acceptors (Lipinski definition) is 3. The second kappa shape index (κ2) is 6.35. The van der Waals surface area contributed by atoms with Crippen molar-refractivity contribution < 1.29 is 10.2 Å². The van der Waals surface area contributed by atoms with Crippen molar-refractivity contribution in [1.29, 1.82) is 0 Å². The molecule has 80 valence electrons.